The Bertz CT molecular complexity index is 1640. The molecule has 3 amide bonds. The molecule has 0 bridgehead atoms. The van der Waals surface area contributed by atoms with Gasteiger partial charge in [0.2, 0.25) is 16.7 Å². The lowest BCUT2D eigenvalue weighted by Crippen LogP contribution is -2.71. The Morgan fingerprint density at radius 1 is 1.26 bits per heavy atom. The van der Waals surface area contributed by atoms with Gasteiger partial charge in [0, 0.05) is 28.9 Å². The number of nitrogens with one attached hydrogen (secondary N) is 2. The minimum absolute atomic E-state index is 0.0576. The third kappa shape index (κ3) is 5.78. The van der Waals surface area contributed by atoms with Gasteiger partial charge in [0.1, 0.15) is 48.8 Å². The molecule has 0 radical (unpaired) electrons. The zero-order chi connectivity index (χ0) is 30.2. The van der Waals surface area contributed by atoms with Crippen LogP contribution in [0.4, 0.5) is 9.93 Å². The number of hydrogen-bond donors (Lipinski definition) is 3. The van der Waals surface area contributed by atoms with E-state index in [0.29, 0.717) is 11.3 Å². The molecular formula is C25H27N8O7S2+. The van der Waals surface area contributed by atoms with Gasteiger partial charge < -0.3 is 20.0 Å². The maximum absolute atomic E-state index is 13.2. The van der Waals surface area contributed by atoms with Crippen molar-refractivity contribution < 1.29 is 38.4 Å². The van der Waals surface area contributed by atoms with Crippen LogP contribution in [-0.4, -0.2) is 83.2 Å². The van der Waals surface area contributed by atoms with Gasteiger partial charge in [0.05, 0.1) is 6.20 Å². The summed E-state index contributed by atoms with van der Waals surface area (Å²) in [4.78, 5) is 60.8. The van der Waals surface area contributed by atoms with Gasteiger partial charge in [-0.15, -0.1) is 11.8 Å². The Balaban J connectivity index is 1.30. The molecule has 0 unspecified atom stereocenters. The van der Waals surface area contributed by atoms with Crippen LogP contribution < -0.4 is 15.2 Å². The summed E-state index contributed by atoms with van der Waals surface area (Å²) in [6.45, 7) is 5.40. The van der Waals surface area contributed by atoms with E-state index >= 15 is 0 Å². The predicted octanol–water partition coefficient (Wildman–Crippen LogP) is 1.21. The Hall–Kier alpha value is -4.51. The summed E-state index contributed by atoms with van der Waals surface area (Å²) < 4.78 is 13.1. The number of oxime groups is 1. The lowest BCUT2D eigenvalue weighted by molar-refractivity contribution is -0.662. The molecule has 0 aliphatic carbocycles. The number of aliphatic carboxylic acids is 1. The Morgan fingerprint density at radius 2 is 2.05 bits per heavy atom. The number of hydrogen-bond acceptors (Lipinski definition) is 11. The number of rotatable bonds is 8. The summed E-state index contributed by atoms with van der Waals surface area (Å²) >= 11 is 2.14. The molecule has 15 nitrogen and oxygen atoms in total. The minimum Gasteiger partial charge on any atom is -0.477 e. The third-order valence-electron chi connectivity index (χ3n) is 6.11. The number of carbonyl (C=O) groups excluding carboxylic acids is 3. The first kappa shape index (κ1) is 29.0. The molecular weight excluding hydrogens is 588 g/mol. The summed E-state index contributed by atoms with van der Waals surface area (Å²) in [6, 6.07) is 4.67. The molecule has 2 atom stereocenters. The van der Waals surface area contributed by atoms with Crippen molar-refractivity contribution in [1.29, 1.82) is 0 Å². The molecule has 2 aliphatic rings. The van der Waals surface area contributed by atoms with E-state index < -0.39 is 40.9 Å². The van der Waals surface area contributed by atoms with Crippen molar-refractivity contribution in [2.75, 3.05) is 18.2 Å². The van der Waals surface area contributed by atoms with Crippen molar-refractivity contribution >= 4 is 63.7 Å². The average molecular weight is 616 g/mol. The maximum Gasteiger partial charge on any atom is 0.414 e. The Labute approximate surface area is 247 Å². The van der Waals surface area contributed by atoms with E-state index in [1.54, 1.807) is 20.8 Å². The van der Waals surface area contributed by atoms with Crippen molar-refractivity contribution in [2.24, 2.45) is 5.16 Å². The first-order valence-corrected chi connectivity index (χ1v) is 14.4. The molecule has 220 valence electrons. The van der Waals surface area contributed by atoms with Gasteiger partial charge >= 0.3 is 12.1 Å². The van der Waals surface area contributed by atoms with E-state index in [2.05, 4.69) is 25.1 Å². The maximum atomic E-state index is 13.2. The van der Waals surface area contributed by atoms with Gasteiger partial charge in [-0.1, -0.05) is 11.2 Å². The molecule has 17 heteroatoms. The number of imidazole rings is 1. The highest BCUT2D eigenvalue weighted by Crippen LogP contribution is 2.40. The number of thioether (sulfide) groups is 1. The molecule has 5 heterocycles. The van der Waals surface area contributed by atoms with Crippen LogP contribution in [0.5, 0.6) is 0 Å². The number of carboxylic acids is 1. The smallest absolute Gasteiger partial charge is 0.414 e. The molecule has 0 spiro atoms. The quantitative estimate of drug-likeness (QED) is 0.144. The molecule has 42 heavy (non-hydrogen) atoms. The Morgan fingerprint density at radius 3 is 2.76 bits per heavy atom. The van der Waals surface area contributed by atoms with Crippen LogP contribution in [0.1, 0.15) is 26.6 Å². The standard InChI is InChI=1S/C25H26N8O7S2/c1-25(2,3)40-24(38)28-23-27-18(30-42-23)15(29-39-4)19(34)26-16-20(35)33-17(22(36)37)13(12-41-21(16)33)11-32-10-9-31-8-6-5-7-14(31)32/h5-10,16,21H,11-12H2,1-4H3,(H2-,26,27,28,30,34,36,37,38)/p+1/b29-15-/t16-,21+/m1/s1. The highest BCUT2D eigenvalue weighted by atomic mass is 32.2. The van der Waals surface area contributed by atoms with Crippen LogP contribution in [-0.2, 0) is 30.5 Å². The van der Waals surface area contributed by atoms with E-state index in [1.165, 1.54) is 23.8 Å². The molecule has 1 saturated heterocycles. The molecule has 5 rings (SSSR count). The van der Waals surface area contributed by atoms with Crippen molar-refractivity contribution in [3.05, 3.63) is 53.9 Å². The van der Waals surface area contributed by atoms with Crippen molar-refractivity contribution in [3.8, 4) is 0 Å². The number of fused-ring (bicyclic) bond motifs is 2. The van der Waals surface area contributed by atoms with Crippen LogP contribution >= 0.6 is 23.3 Å². The third-order valence-corrected chi connectivity index (χ3v) is 8.08. The first-order valence-electron chi connectivity index (χ1n) is 12.6. The van der Waals surface area contributed by atoms with E-state index in [1.807, 2.05) is 45.8 Å². The second kappa shape index (κ2) is 11.4. The predicted molar refractivity (Wildman–Crippen MR) is 151 cm³/mol. The molecule has 0 aromatic carbocycles. The number of ether oxygens (including phenoxy) is 1. The number of carboxylic acid groups (broad SMARTS) is 1. The zero-order valence-corrected chi connectivity index (χ0v) is 24.6. The number of amides is 3. The fourth-order valence-electron chi connectivity index (χ4n) is 4.44. The first-order chi connectivity index (χ1) is 20.0. The van der Waals surface area contributed by atoms with Crippen LogP contribution in [0.3, 0.4) is 0 Å². The molecule has 0 saturated carbocycles. The molecule has 3 N–H and O–H groups in total. The second-order valence-electron chi connectivity index (χ2n) is 10.2. The van der Waals surface area contributed by atoms with Crippen LogP contribution in [0.25, 0.3) is 5.65 Å². The molecule has 3 aromatic rings. The largest absolute Gasteiger partial charge is 0.477 e. The number of pyridine rings is 1. The summed E-state index contributed by atoms with van der Waals surface area (Å²) in [6.07, 6.45) is 4.84. The van der Waals surface area contributed by atoms with E-state index in [0.717, 1.165) is 17.2 Å². The summed E-state index contributed by atoms with van der Waals surface area (Å²) in [5, 5.41) is 18.2. The number of aromatic nitrogens is 4. The normalized spacial score (nSPS) is 18.8. The van der Waals surface area contributed by atoms with Crippen molar-refractivity contribution in [2.45, 2.75) is 44.3 Å². The number of nitrogens with zero attached hydrogens (tertiary/aromatic N) is 6. The minimum atomic E-state index is -1.23. The van der Waals surface area contributed by atoms with E-state index in [9.17, 15) is 24.3 Å². The molecule has 3 aromatic heterocycles. The monoisotopic (exact) mass is 615 g/mol. The van der Waals surface area contributed by atoms with Gasteiger partial charge in [0.25, 0.3) is 17.5 Å². The van der Waals surface area contributed by atoms with Crippen LogP contribution in [0, 0.1) is 0 Å². The summed E-state index contributed by atoms with van der Waals surface area (Å²) in [5.74, 6) is -2.41. The molecule has 1 fully saturated rings. The number of carbonyl (C=O) groups is 4. The summed E-state index contributed by atoms with van der Waals surface area (Å²) in [7, 11) is 1.23. The zero-order valence-electron chi connectivity index (χ0n) is 22.9. The topological polar surface area (TPSA) is 181 Å². The lowest BCUT2D eigenvalue weighted by Gasteiger charge is -2.49. The second-order valence-corrected chi connectivity index (χ2v) is 12.0. The van der Waals surface area contributed by atoms with Gasteiger partial charge in [0.15, 0.2) is 0 Å². The Kier molecular flexibility index (Phi) is 7.87. The van der Waals surface area contributed by atoms with Gasteiger partial charge in [-0.3, -0.25) is 19.8 Å². The van der Waals surface area contributed by atoms with Crippen LogP contribution in [0.15, 0.2) is 53.2 Å². The fraction of sp³-hybridized carbons (Fsp3) is 0.360. The van der Waals surface area contributed by atoms with Crippen LogP contribution in [0.2, 0.25) is 0 Å². The van der Waals surface area contributed by atoms with Gasteiger partial charge in [-0.05, 0) is 26.8 Å². The lowest BCUT2D eigenvalue weighted by atomic mass is 10.0. The van der Waals surface area contributed by atoms with Crippen molar-refractivity contribution in [3.63, 3.8) is 0 Å². The van der Waals surface area contributed by atoms with Gasteiger partial charge in [-0.2, -0.15) is 9.36 Å². The fourth-order valence-corrected chi connectivity index (χ4v) is 6.33. The average Bonchev–Trinajstić information content (AvgIpc) is 3.55. The highest BCUT2D eigenvalue weighted by molar-refractivity contribution is 8.00. The van der Waals surface area contributed by atoms with E-state index in [-0.39, 0.29) is 28.9 Å². The number of β-lactam (4-membered cyclic amide) rings is 1. The summed E-state index contributed by atoms with van der Waals surface area (Å²) in [5.41, 5.74) is 0.285. The van der Waals surface area contributed by atoms with Gasteiger partial charge in [-0.25, -0.2) is 18.6 Å². The number of anilines is 1. The van der Waals surface area contributed by atoms with E-state index in [4.69, 9.17) is 9.57 Å². The molecule has 2 aliphatic heterocycles. The van der Waals surface area contributed by atoms with Crippen molar-refractivity contribution in [1.82, 2.24) is 24.0 Å². The SMILES string of the molecule is CO/N=C(\C(=O)N[C@@H]1C(=O)N2C(C(=O)O)=C(C[n+]3ccn4ccccc43)CS[C@@H]12)c1nsc(NC(=O)OC(C)(C)C)n1. The highest BCUT2D eigenvalue weighted by Gasteiger charge is 2.54.